The number of nitrogens with one attached hydrogen (secondary N) is 1. The minimum Gasteiger partial charge on any atom is -0.392 e. The van der Waals surface area contributed by atoms with Gasteiger partial charge in [-0.15, -0.1) is 0 Å². The van der Waals surface area contributed by atoms with E-state index in [1.807, 2.05) is 0 Å². The molecule has 1 fully saturated rings. The number of nitrogens with zero attached hydrogens (tertiary/aromatic N) is 1. The highest BCUT2D eigenvalue weighted by Gasteiger charge is 2.35. The van der Waals surface area contributed by atoms with Crippen LogP contribution in [0.25, 0.3) is 0 Å². The van der Waals surface area contributed by atoms with Crippen molar-refractivity contribution in [3.05, 3.63) is 29.6 Å². The number of amides is 1. The van der Waals surface area contributed by atoms with Crippen molar-refractivity contribution >= 4 is 11.6 Å². The van der Waals surface area contributed by atoms with E-state index in [0.29, 0.717) is 37.2 Å². The highest BCUT2D eigenvalue weighted by molar-refractivity contribution is 5.99. The first-order chi connectivity index (χ1) is 8.66. The van der Waals surface area contributed by atoms with Crippen LogP contribution in [0.1, 0.15) is 12.0 Å². The van der Waals surface area contributed by atoms with E-state index < -0.39 is 6.10 Å². The van der Waals surface area contributed by atoms with Crippen LogP contribution in [0.15, 0.2) is 18.2 Å². The van der Waals surface area contributed by atoms with Gasteiger partial charge in [0.05, 0.1) is 12.1 Å². The third-order valence-electron chi connectivity index (χ3n) is 3.64. The molecule has 2 N–H and O–H groups in total. The molecular weight excluding hydrogens is 235 g/mol. The van der Waals surface area contributed by atoms with Crippen molar-refractivity contribution in [1.29, 1.82) is 0 Å². The standard InChI is InChI=1S/C13H15FN2O2/c14-10-2-1-3-12-9(10)4-5-16(12)13(18)11-6-8(17)7-15-11/h1-3,8,11,15,17H,4-7H2/t8-,11-/m1/s1. The van der Waals surface area contributed by atoms with Crippen LogP contribution in [0.3, 0.4) is 0 Å². The Labute approximate surface area is 104 Å². The Morgan fingerprint density at radius 2 is 2.33 bits per heavy atom. The molecule has 2 aliphatic heterocycles. The molecule has 0 aromatic heterocycles. The maximum atomic E-state index is 13.6. The van der Waals surface area contributed by atoms with Crippen LogP contribution in [0.2, 0.25) is 0 Å². The molecule has 0 aliphatic carbocycles. The molecule has 0 spiro atoms. The van der Waals surface area contributed by atoms with Gasteiger partial charge in [0.25, 0.3) is 0 Å². The molecule has 2 heterocycles. The molecule has 18 heavy (non-hydrogen) atoms. The van der Waals surface area contributed by atoms with Crippen molar-refractivity contribution in [1.82, 2.24) is 5.32 Å². The highest BCUT2D eigenvalue weighted by atomic mass is 19.1. The van der Waals surface area contributed by atoms with Crippen molar-refractivity contribution in [3.8, 4) is 0 Å². The molecule has 0 bridgehead atoms. The normalized spacial score (nSPS) is 26.4. The van der Waals surface area contributed by atoms with E-state index in [0.717, 1.165) is 0 Å². The lowest BCUT2D eigenvalue weighted by Gasteiger charge is -2.21. The Morgan fingerprint density at radius 1 is 1.50 bits per heavy atom. The van der Waals surface area contributed by atoms with Gasteiger partial charge in [0.2, 0.25) is 5.91 Å². The number of carbonyl (C=O) groups is 1. The molecule has 4 nitrogen and oxygen atoms in total. The first kappa shape index (κ1) is 11.6. The number of fused-ring (bicyclic) bond motifs is 1. The number of carbonyl (C=O) groups excluding carboxylic acids is 1. The second-order valence-electron chi connectivity index (χ2n) is 4.83. The quantitative estimate of drug-likeness (QED) is 0.760. The minimum absolute atomic E-state index is 0.0732. The average molecular weight is 250 g/mol. The number of aliphatic hydroxyl groups excluding tert-OH is 1. The van der Waals surface area contributed by atoms with E-state index in [4.69, 9.17) is 0 Å². The summed E-state index contributed by atoms with van der Waals surface area (Å²) in [4.78, 5) is 13.9. The zero-order chi connectivity index (χ0) is 12.7. The van der Waals surface area contributed by atoms with Gasteiger partial charge in [-0.2, -0.15) is 0 Å². The Bertz CT molecular complexity index is 492. The smallest absolute Gasteiger partial charge is 0.244 e. The van der Waals surface area contributed by atoms with Gasteiger partial charge in [0, 0.05) is 24.3 Å². The molecule has 3 rings (SSSR count). The van der Waals surface area contributed by atoms with Crippen LogP contribution in [-0.2, 0) is 11.2 Å². The van der Waals surface area contributed by atoms with Crippen molar-refractivity contribution in [3.63, 3.8) is 0 Å². The summed E-state index contributed by atoms with van der Waals surface area (Å²) in [5.41, 5.74) is 1.28. The molecule has 1 aromatic carbocycles. The van der Waals surface area contributed by atoms with E-state index in [1.54, 1.807) is 17.0 Å². The number of anilines is 1. The van der Waals surface area contributed by atoms with Crippen LogP contribution in [0, 0.1) is 5.82 Å². The predicted molar refractivity (Wildman–Crippen MR) is 64.9 cm³/mol. The molecule has 0 unspecified atom stereocenters. The first-order valence-corrected chi connectivity index (χ1v) is 6.17. The number of hydrogen-bond acceptors (Lipinski definition) is 3. The summed E-state index contributed by atoms with van der Waals surface area (Å²) in [6.45, 7) is 0.962. The molecular formula is C13H15FN2O2. The highest BCUT2D eigenvalue weighted by Crippen LogP contribution is 2.30. The fraction of sp³-hybridized carbons (Fsp3) is 0.462. The molecule has 0 radical (unpaired) electrons. The summed E-state index contributed by atoms with van der Waals surface area (Å²) < 4.78 is 13.6. The van der Waals surface area contributed by atoms with Gasteiger partial charge in [-0.1, -0.05) is 6.07 Å². The largest absolute Gasteiger partial charge is 0.392 e. The molecule has 1 saturated heterocycles. The number of aliphatic hydroxyl groups is 1. The van der Waals surface area contributed by atoms with Gasteiger partial charge in [-0.05, 0) is 25.0 Å². The number of hydrogen-bond donors (Lipinski definition) is 2. The van der Waals surface area contributed by atoms with E-state index in [9.17, 15) is 14.3 Å². The number of benzene rings is 1. The van der Waals surface area contributed by atoms with Crippen molar-refractivity contribution in [2.24, 2.45) is 0 Å². The zero-order valence-corrected chi connectivity index (χ0v) is 9.90. The van der Waals surface area contributed by atoms with Crippen LogP contribution >= 0.6 is 0 Å². The summed E-state index contributed by atoms with van der Waals surface area (Å²) in [5, 5.41) is 12.4. The van der Waals surface area contributed by atoms with E-state index >= 15 is 0 Å². The Hall–Kier alpha value is -1.46. The SMILES string of the molecule is O=C([C@H]1C[C@@H](O)CN1)N1CCc2c(F)cccc21. The van der Waals surface area contributed by atoms with Gasteiger partial charge in [-0.25, -0.2) is 4.39 Å². The monoisotopic (exact) mass is 250 g/mol. The van der Waals surface area contributed by atoms with E-state index in [1.165, 1.54) is 6.07 Å². The van der Waals surface area contributed by atoms with Crippen molar-refractivity contribution in [2.75, 3.05) is 18.0 Å². The van der Waals surface area contributed by atoms with Gasteiger partial charge in [-0.3, -0.25) is 4.79 Å². The second kappa shape index (κ2) is 4.33. The van der Waals surface area contributed by atoms with Gasteiger partial charge >= 0.3 is 0 Å². The molecule has 2 aliphatic rings. The Balaban J connectivity index is 1.84. The van der Waals surface area contributed by atoms with Gasteiger partial charge < -0.3 is 15.3 Å². The minimum atomic E-state index is -0.464. The first-order valence-electron chi connectivity index (χ1n) is 6.17. The predicted octanol–water partition coefficient (Wildman–Crippen LogP) is 0.438. The summed E-state index contributed by atoms with van der Waals surface area (Å²) in [7, 11) is 0. The van der Waals surface area contributed by atoms with E-state index in [-0.39, 0.29) is 17.8 Å². The molecule has 2 atom stereocenters. The maximum absolute atomic E-state index is 13.6. The third-order valence-corrected chi connectivity index (χ3v) is 3.64. The van der Waals surface area contributed by atoms with Crippen LogP contribution < -0.4 is 10.2 Å². The topological polar surface area (TPSA) is 52.6 Å². The Morgan fingerprint density at radius 3 is 3.06 bits per heavy atom. The molecule has 1 amide bonds. The summed E-state index contributed by atoms with van der Waals surface area (Å²) >= 11 is 0. The van der Waals surface area contributed by atoms with Crippen LogP contribution in [0.4, 0.5) is 10.1 Å². The average Bonchev–Trinajstić information content (AvgIpc) is 2.95. The summed E-state index contributed by atoms with van der Waals surface area (Å²) in [5.74, 6) is -0.321. The maximum Gasteiger partial charge on any atom is 0.244 e. The van der Waals surface area contributed by atoms with Gasteiger partial charge in [0.15, 0.2) is 0 Å². The lowest BCUT2D eigenvalue weighted by molar-refractivity contribution is -0.120. The summed E-state index contributed by atoms with van der Waals surface area (Å²) in [6, 6.07) is 4.46. The fourth-order valence-corrected chi connectivity index (χ4v) is 2.71. The van der Waals surface area contributed by atoms with Crippen molar-refractivity contribution < 1.29 is 14.3 Å². The van der Waals surface area contributed by atoms with Crippen molar-refractivity contribution in [2.45, 2.75) is 25.0 Å². The number of β-amino-alcohol motifs (C(OH)–C–C–N with tert-alkyl or cyclic N) is 1. The molecule has 1 aromatic rings. The summed E-state index contributed by atoms with van der Waals surface area (Å²) in [6.07, 6.45) is 0.525. The van der Waals surface area contributed by atoms with E-state index in [2.05, 4.69) is 5.32 Å². The lowest BCUT2D eigenvalue weighted by Crippen LogP contribution is -2.42. The number of halogens is 1. The third kappa shape index (κ3) is 1.79. The second-order valence-corrected chi connectivity index (χ2v) is 4.83. The Kier molecular flexibility index (Phi) is 2.80. The number of rotatable bonds is 1. The van der Waals surface area contributed by atoms with Crippen LogP contribution in [-0.4, -0.2) is 36.2 Å². The zero-order valence-electron chi connectivity index (χ0n) is 9.90. The molecule has 0 saturated carbocycles. The molecule has 96 valence electrons. The van der Waals surface area contributed by atoms with Crippen LogP contribution in [0.5, 0.6) is 0 Å². The fourth-order valence-electron chi connectivity index (χ4n) is 2.71. The molecule has 5 heteroatoms. The lowest BCUT2D eigenvalue weighted by atomic mass is 10.1. The van der Waals surface area contributed by atoms with Gasteiger partial charge in [0.1, 0.15) is 5.82 Å².